The number of hydrogen-bond donors (Lipinski definition) is 2. The van der Waals surface area contributed by atoms with Gasteiger partial charge in [0.25, 0.3) is 5.56 Å². The van der Waals surface area contributed by atoms with Crippen molar-refractivity contribution >= 4 is 0 Å². The summed E-state index contributed by atoms with van der Waals surface area (Å²) in [6.07, 6.45) is 8.10. The van der Waals surface area contributed by atoms with Gasteiger partial charge in [-0.1, -0.05) is 25.7 Å². The summed E-state index contributed by atoms with van der Waals surface area (Å²) in [6, 6.07) is 0. The maximum absolute atomic E-state index is 11.9. The Labute approximate surface area is 113 Å². The Morgan fingerprint density at radius 2 is 2.05 bits per heavy atom. The van der Waals surface area contributed by atoms with Gasteiger partial charge in [0, 0.05) is 24.9 Å². The van der Waals surface area contributed by atoms with Gasteiger partial charge in [0.1, 0.15) is 11.4 Å². The number of nitrogens with one attached hydrogen (secondary N) is 1. The molecule has 1 fully saturated rings. The van der Waals surface area contributed by atoms with E-state index in [1.165, 1.54) is 12.8 Å². The summed E-state index contributed by atoms with van der Waals surface area (Å²) in [5.41, 5.74) is 5.46. The minimum atomic E-state index is -0.419. The first-order chi connectivity index (χ1) is 9.22. The van der Waals surface area contributed by atoms with E-state index in [1.54, 1.807) is 6.20 Å². The lowest BCUT2D eigenvalue weighted by Crippen LogP contribution is -2.34. The smallest absolute Gasteiger partial charge is 0.255 e. The highest BCUT2D eigenvalue weighted by atomic mass is 16.5. The molecule has 5 heteroatoms. The molecule has 0 unspecified atom stereocenters. The molecule has 2 rings (SSSR count). The van der Waals surface area contributed by atoms with Gasteiger partial charge in [0.2, 0.25) is 0 Å². The zero-order valence-electron chi connectivity index (χ0n) is 11.6. The summed E-state index contributed by atoms with van der Waals surface area (Å²) in [4.78, 5) is 19.2. The first kappa shape index (κ1) is 14.2. The molecule has 0 atom stereocenters. The van der Waals surface area contributed by atoms with Crippen LogP contribution < -0.4 is 11.3 Å². The van der Waals surface area contributed by atoms with E-state index in [0.29, 0.717) is 18.0 Å². The van der Waals surface area contributed by atoms with Crippen LogP contribution in [-0.4, -0.2) is 16.6 Å². The Hall–Kier alpha value is -1.20. The minimum absolute atomic E-state index is 0.143. The number of nitrogens with zero attached hydrogens (tertiary/aromatic N) is 1. The molecule has 1 heterocycles. The first-order valence-corrected chi connectivity index (χ1v) is 7.14. The van der Waals surface area contributed by atoms with Crippen molar-refractivity contribution in [1.82, 2.24) is 9.97 Å². The van der Waals surface area contributed by atoms with Gasteiger partial charge in [-0.3, -0.25) is 4.79 Å². The number of H-pyrrole nitrogens is 1. The Balaban J connectivity index is 2.37. The molecule has 0 saturated heterocycles. The van der Waals surface area contributed by atoms with E-state index in [0.717, 1.165) is 25.7 Å². The predicted octanol–water partition coefficient (Wildman–Crippen LogP) is 1.81. The van der Waals surface area contributed by atoms with Gasteiger partial charge >= 0.3 is 0 Å². The Kier molecular flexibility index (Phi) is 4.71. The van der Waals surface area contributed by atoms with Gasteiger partial charge in [-0.2, -0.15) is 0 Å². The summed E-state index contributed by atoms with van der Waals surface area (Å²) < 4.78 is 6.00. The van der Waals surface area contributed by atoms with E-state index in [-0.39, 0.29) is 12.1 Å². The topological polar surface area (TPSA) is 81.0 Å². The van der Waals surface area contributed by atoms with Crippen LogP contribution in [0.25, 0.3) is 0 Å². The largest absolute Gasteiger partial charge is 0.367 e. The van der Waals surface area contributed by atoms with E-state index < -0.39 is 5.60 Å². The summed E-state index contributed by atoms with van der Waals surface area (Å²) in [7, 11) is 0. The van der Waals surface area contributed by atoms with E-state index in [1.807, 2.05) is 6.92 Å². The molecule has 1 saturated carbocycles. The molecule has 0 amide bonds. The average molecular weight is 265 g/mol. The highest BCUT2D eigenvalue weighted by Gasteiger charge is 2.36. The Morgan fingerprint density at radius 1 is 1.37 bits per heavy atom. The standard InChI is InChI=1S/C14H23N3O2/c1-2-19-14(7-5-3-4-6-8-14)13-16-10-11(9-15)12(18)17-13/h10H,2-9,15H2,1H3,(H,16,17,18). The number of hydrogen-bond acceptors (Lipinski definition) is 4. The van der Waals surface area contributed by atoms with Crippen LogP contribution in [0, 0.1) is 0 Å². The molecule has 0 radical (unpaired) electrons. The van der Waals surface area contributed by atoms with Gasteiger partial charge in [-0.15, -0.1) is 0 Å². The number of nitrogens with two attached hydrogens (primary N) is 1. The van der Waals surface area contributed by atoms with Gasteiger partial charge in [-0.25, -0.2) is 4.98 Å². The zero-order chi connectivity index (χ0) is 13.7. The van der Waals surface area contributed by atoms with Crippen molar-refractivity contribution in [2.45, 2.75) is 57.6 Å². The SMILES string of the molecule is CCOC1(c2ncc(CN)c(=O)[nH]2)CCCCCC1. The van der Waals surface area contributed by atoms with E-state index >= 15 is 0 Å². The van der Waals surface area contributed by atoms with E-state index in [9.17, 15) is 4.79 Å². The van der Waals surface area contributed by atoms with Crippen LogP contribution in [0.3, 0.4) is 0 Å². The van der Waals surface area contributed by atoms with E-state index in [4.69, 9.17) is 10.5 Å². The predicted molar refractivity (Wildman–Crippen MR) is 73.8 cm³/mol. The second-order valence-corrected chi connectivity index (χ2v) is 5.13. The van der Waals surface area contributed by atoms with Gasteiger partial charge in [0.05, 0.1) is 0 Å². The fourth-order valence-corrected chi connectivity index (χ4v) is 2.82. The molecule has 1 aromatic heterocycles. The van der Waals surface area contributed by atoms with Crippen molar-refractivity contribution in [3.63, 3.8) is 0 Å². The molecule has 0 aromatic carbocycles. The van der Waals surface area contributed by atoms with Crippen molar-refractivity contribution in [3.05, 3.63) is 27.9 Å². The highest BCUT2D eigenvalue weighted by Crippen LogP contribution is 2.37. The number of aromatic nitrogens is 2. The van der Waals surface area contributed by atoms with Crippen molar-refractivity contribution in [2.24, 2.45) is 5.73 Å². The summed E-state index contributed by atoms with van der Waals surface area (Å²) >= 11 is 0. The molecule has 1 aliphatic rings. The quantitative estimate of drug-likeness (QED) is 0.814. The molecular weight excluding hydrogens is 242 g/mol. The van der Waals surface area contributed by atoms with Gasteiger partial charge in [-0.05, 0) is 19.8 Å². The van der Waals surface area contributed by atoms with Crippen LogP contribution in [0.4, 0.5) is 0 Å². The molecule has 0 aliphatic heterocycles. The van der Waals surface area contributed by atoms with Gasteiger partial charge < -0.3 is 15.5 Å². The maximum atomic E-state index is 11.9. The molecule has 19 heavy (non-hydrogen) atoms. The van der Waals surface area contributed by atoms with Crippen molar-refractivity contribution in [2.75, 3.05) is 6.61 Å². The first-order valence-electron chi connectivity index (χ1n) is 7.14. The third-order valence-corrected chi connectivity index (χ3v) is 3.86. The van der Waals surface area contributed by atoms with Crippen molar-refractivity contribution in [1.29, 1.82) is 0 Å². The van der Waals surface area contributed by atoms with Gasteiger partial charge in [0.15, 0.2) is 0 Å². The normalized spacial score (nSPS) is 19.1. The van der Waals surface area contributed by atoms with Crippen molar-refractivity contribution in [3.8, 4) is 0 Å². The maximum Gasteiger partial charge on any atom is 0.255 e. The average Bonchev–Trinajstić information content (AvgIpc) is 2.66. The minimum Gasteiger partial charge on any atom is -0.367 e. The summed E-state index contributed by atoms with van der Waals surface area (Å²) in [5.74, 6) is 0.665. The molecular formula is C14H23N3O2. The zero-order valence-corrected chi connectivity index (χ0v) is 11.6. The second-order valence-electron chi connectivity index (χ2n) is 5.13. The van der Waals surface area contributed by atoms with Crippen LogP contribution in [0.5, 0.6) is 0 Å². The third-order valence-electron chi connectivity index (χ3n) is 3.86. The molecule has 0 bridgehead atoms. The monoisotopic (exact) mass is 265 g/mol. The lowest BCUT2D eigenvalue weighted by Gasteiger charge is -2.31. The third kappa shape index (κ3) is 3.04. The molecule has 5 nitrogen and oxygen atoms in total. The molecule has 1 aliphatic carbocycles. The highest BCUT2D eigenvalue weighted by molar-refractivity contribution is 5.10. The van der Waals surface area contributed by atoms with Crippen LogP contribution in [0.1, 0.15) is 56.8 Å². The Morgan fingerprint density at radius 3 is 2.58 bits per heavy atom. The molecule has 0 spiro atoms. The fourth-order valence-electron chi connectivity index (χ4n) is 2.82. The number of rotatable bonds is 4. The molecule has 106 valence electrons. The summed E-state index contributed by atoms with van der Waals surface area (Å²) in [5, 5.41) is 0. The van der Waals surface area contributed by atoms with Crippen LogP contribution in [-0.2, 0) is 16.9 Å². The molecule has 3 N–H and O–H groups in total. The van der Waals surface area contributed by atoms with Crippen molar-refractivity contribution < 1.29 is 4.74 Å². The van der Waals surface area contributed by atoms with Crippen LogP contribution >= 0.6 is 0 Å². The lowest BCUT2D eigenvalue weighted by molar-refractivity contribution is -0.0626. The van der Waals surface area contributed by atoms with Crippen LogP contribution in [0.15, 0.2) is 11.0 Å². The van der Waals surface area contributed by atoms with E-state index in [2.05, 4.69) is 9.97 Å². The fraction of sp³-hybridized carbons (Fsp3) is 0.714. The van der Waals surface area contributed by atoms with Crippen LogP contribution in [0.2, 0.25) is 0 Å². The molecule has 1 aromatic rings. The lowest BCUT2D eigenvalue weighted by atomic mass is 9.93. The Bertz CT molecular complexity index is 462. The second kappa shape index (κ2) is 6.30. The number of aromatic amines is 1. The number of ether oxygens (including phenoxy) is 1. The summed E-state index contributed by atoms with van der Waals surface area (Å²) in [6.45, 7) is 2.82.